The Morgan fingerprint density at radius 1 is 1.14 bits per heavy atom. The number of carbonyl (C=O) groups excluding carboxylic acids is 1. The van der Waals surface area contributed by atoms with Crippen LogP contribution in [0, 0.1) is 19.8 Å². The lowest BCUT2D eigenvalue weighted by atomic mass is 10.1. The van der Waals surface area contributed by atoms with Gasteiger partial charge in [0.1, 0.15) is 5.82 Å². The van der Waals surface area contributed by atoms with E-state index in [-0.39, 0.29) is 5.91 Å². The molecule has 1 amide bonds. The first-order chi connectivity index (χ1) is 10.5. The van der Waals surface area contributed by atoms with Crippen LogP contribution in [0.3, 0.4) is 0 Å². The van der Waals surface area contributed by atoms with Crippen LogP contribution < -0.4 is 10.6 Å². The average molecular weight is 297 g/mol. The molecule has 22 heavy (non-hydrogen) atoms. The van der Waals surface area contributed by atoms with Crippen LogP contribution in [0.15, 0.2) is 36.5 Å². The molecule has 1 aromatic heterocycles. The van der Waals surface area contributed by atoms with E-state index in [9.17, 15) is 4.79 Å². The fourth-order valence-electron chi connectivity index (χ4n) is 2.26. The standard InChI is InChI=1S/C18H23N3O/c1-12(2)10-17(22)21-16-9-8-15(11-19-16)20-18-13(3)6-5-7-14(18)4/h5-9,11-12,20H,10H2,1-4H3,(H,19,21,22). The summed E-state index contributed by atoms with van der Waals surface area (Å²) in [7, 11) is 0. The van der Waals surface area contributed by atoms with Crippen molar-refractivity contribution in [2.75, 3.05) is 10.6 Å². The molecule has 0 saturated heterocycles. The highest BCUT2D eigenvalue weighted by atomic mass is 16.1. The quantitative estimate of drug-likeness (QED) is 0.858. The van der Waals surface area contributed by atoms with Crippen molar-refractivity contribution in [2.24, 2.45) is 5.92 Å². The summed E-state index contributed by atoms with van der Waals surface area (Å²) in [5.74, 6) is 0.917. The molecule has 2 rings (SSSR count). The molecule has 0 unspecified atom stereocenters. The number of aryl methyl sites for hydroxylation is 2. The van der Waals surface area contributed by atoms with Crippen LogP contribution >= 0.6 is 0 Å². The number of carbonyl (C=O) groups is 1. The van der Waals surface area contributed by atoms with E-state index in [1.165, 1.54) is 11.1 Å². The maximum atomic E-state index is 11.7. The molecule has 4 nitrogen and oxygen atoms in total. The maximum absolute atomic E-state index is 11.7. The zero-order valence-corrected chi connectivity index (χ0v) is 13.6. The zero-order chi connectivity index (χ0) is 16.1. The number of pyridine rings is 1. The number of hydrogen-bond acceptors (Lipinski definition) is 3. The van der Waals surface area contributed by atoms with E-state index in [0.29, 0.717) is 18.2 Å². The zero-order valence-electron chi connectivity index (χ0n) is 13.6. The van der Waals surface area contributed by atoms with Crippen LogP contribution in [-0.2, 0) is 4.79 Å². The average Bonchev–Trinajstić information content (AvgIpc) is 2.44. The molecule has 0 radical (unpaired) electrons. The summed E-state index contributed by atoms with van der Waals surface area (Å²) in [6, 6.07) is 9.92. The smallest absolute Gasteiger partial charge is 0.225 e. The summed E-state index contributed by atoms with van der Waals surface area (Å²) in [5.41, 5.74) is 4.38. The summed E-state index contributed by atoms with van der Waals surface area (Å²) >= 11 is 0. The highest BCUT2D eigenvalue weighted by Gasteiger charge is 2.07. The lowest BCUT2D eigenvalue weighted by molar-refractivity contribution is -0.116. The van der Waals surface area contributed by atoms with E-state index in [0.717, 1.165) is 11.4 Å². The van der Waals surface area contributed by atoms with Crippen molar-refractivity contribution >= 4 is 23.1 Å². The molecule has 2 N–H and O–H groups in total. The van der Waals surface area contributed by atoms with E-state index >= 15 is 0 Å². The Morgan fingerprint density at radius 3 is 2.36 bits per heavy atom. The third-order valence-corrected chi connectivity index (χ3v) is 3.38. The first-order valence-electron chi connectivity index (χ1n) is 7.55. The first-order valence-corrected chi connectivity index (χ1v) is 7.55. The van der Waals surface area contributed by atoms with E-state index in [2.05, 4.69) is 41.6 Å². The van der Waals surface area contributed by atoms with Gasteiger partial charge in [0.15, 0.2) is 0 Å². The monoisotopic (exact) mass is 297 g/mol. The van der Waals surface area contributed by atoms with Gasteiger partial charge >= 0.3 is 0 Å². The van der Waals surface area contributed by atoms with Crippen molar-refractivity contribution in [1.82, 2.24) is 4.98 Å². The van der Waals surface area contributed by atoms with Gasteiger partial charge in [-0.05, 0) is 43.0 Å². The summed E-state index contributed by atoms with van der Waals surface area (Å²) < 4.78 is 0. The summed E-state index contributed by atoms with van der Waals surface area (Å²) in [6.45, 7) is 8.18. The van der Waals surface area contributed by atoms with E-state index in [1.54, 1.807) is 6.20 Å². The molecule has 0 saturated carbocycles. The van der Waals surface area contributed by atoms with Crippen molar-refractivity contribution < 1.29 is 4.79 Å². The predicted molar refractivity (Wildman–Crippen MR) is 91.5 cm³/mol. The number of aromatic nitrogens is 1. The van der Waals surface area contributed by atoms with Gasteiger partial charge in [0.05, 0.1) is 11.9 Å². The van der Waals surface area contributed by atoms with Crippen molar-refractivity contribution in [3.05, 3.63) is 47.7 Å². The second kappa shape index (κ2) is 7.07. The Morgan fingerprint density at radius 2 is 1.82 bits per heavy atom. The SMILES string of the molecule is Cc1cccc(C)c1Nc1ccc(NC(=O)CC(C)C)nc1. The van der Waals surface area contributed by atoms with Gasteiger partial charge in [0.25, 0.3) is 0 Å². The number of para-hydroxylation sites is 1. The van der Waals surface area contributed by atoms with Crippen molar-refractivity contribution in [3.63, 3.8) is 0 Å². The third-order valence-electron chi connectivity index (χ3n) is 3.38. The van der Waals surface area contributed by atoms with Crippen molar-refractivity contribution in [3.8, 4) is 0 Å². The number of nitrogens with zero attached hydrogens (tertiary/aromatic N) is 1. The molecule has 0 spiro atoms. The highest BCUT2D eigenvalue weighted by molar-refractivity contribution is 5.90. The minimum Gasteiger partial charge on any atom is -0.354 e. The van der Waals surface area contributed by atoms with Gasteiger partial charge in [-0.3, -0.25) is 4.79 Å². The minimum absolute atomic E-state index is 0.00189. The number of anilines is 3. The van der Waals surface area contributed by atoms with Gasteiger partial charge < -0.3 is 10.6 Å². The molecule has 0 aliphatic rings. The predicted octanol–water partition coefficient (Wildman–Crippen LogP) is 4.43. The molecule has 116 valence electrons. The molecule has 0 aliphatic heterocycles. The molecular formula is C18H23N3O. The lowest BCUT2D eigenvalue weighted by Crippen LogP contribution is -2.14. The Labute approximate surface area is 132 Å². The lowest BCUT2D eigenvalue weighted by Gasteiger charge is -2.13. The molecule has 2 aromatic rings. The molecule has 1 heterocycles. The van der Waals surface area contributed by atoms with E-state index in [1.807, 2.05) is 32.0 Å². The second-order valence-corrected chi connectivity index (χ2v) is 5.97. The van der Waals surface area contributed by atoms with Gasteiger partial charge in [-0.1, -0.05) is 32.0 Å². The maximum Gasteiger partial charge on any atom is 0.225 e. The molecular weight excluding hydrogens is 274 g/mol. The molecule has 0 aliphatic carbocycles. The summed E-state index contributed by atoms with van der Waals surface area (Å²) in [5, 5.41) is 6.19. The Kier molecular flexibility index (Phi) is 5.15. The first kappa shape index (κ1) is 16.0. The summed E-state index contributed by atoms with van der Waals surface area (Å²) in [4.78, 5) is 16.0. The Hall–Kier alpha value is -2.36. The van der Waals surface area contributed by atoms with Gasteiger partial charge in [-0.2, -0.15) is 0 Å². The van der Waals surface area contributed by atoms with Crippen LogP contribution in [0.4, 0.5) is 17.2 Å². The third kappa shape index (κ3) is 4.32. The van der Waals surface area contributed by atoms with E-state index in [4.69, 9.17) is 0 Å². The topological polar surface area (TPSA) is 54.0 Å². The fourth-order valence-corrected chi connectivity index (χ4v) is 2.26. The number of rotatable bonds is 5. The normalized spacial score (nSPS) is 10.6. The summed E-state index contributed by atoms with van der Waals surface area (Å²) in [6.07, 6.45) is 2.24. The number of nitrogens with one attached hydrogen (secondary N) is 2. The van der Waals surface area contributed by atoms with Gasteiger partial charge in [-0.15, -0.1) is 0 Å². The van der Waals surface area contributed by atoms with Crippen LogP contribution in [0.2, 0.25) is 0 Å². The molecule has 1 aromatic carbocycles. The fraction of sp³-hybridized carbons (Fsp3) is 0.333. The number of hydrogen-bond donors (Lipinski definition) is 2. The highest BCUT2D eigenvalue weighted by Crippen LogP contribution is 2.24. The second-order valence-electron chi connectivity index (χ2n) is 5.97. The minimum atomic E-state index is -0.00189. The van der Waals surface area contributed by atoms with E-state index < -0.39 is 0 Å². The molecule has 0 fully saturated rings. The number of amides is 1. The number of benzene rings is 1. The van der Waals surface area contributed by atoms with Crippen molar-refractivity contribution in [1.29, 1.82) is 0 Å². The van der Waals surface area contributed by atoms with Crippen LogP contribution in [-0.4, -0.2) is 10.9 Å². The Balaban J connectivity index is 2.05. The van der Waals surface area contributed by atoms with Gasteiger partial charge in [0.2, 0.25) is 5.91 Å². The van der Waals surface area contributed by atoms with Crippen molar-refractivity contribution in [2.45, 2.75) is 34.1 Å². The van der Waals surface area contributed by atoms with Crippen LogP contribution in [0.5, 0.6) is 0 Å². The van der Waals surface area contributed by atoms with Gasteiger partial charge in [-0.25, -0.2) is 4.98 Å². The van der Waals surface area contributed by atoms with Crippen LogP contribution in [0.25, 0.3) is 0 Å². The molecule has 4 heteroatoms. The largest absolute Gasteiger partial charge is 0.354 e. The molecule has 0 atom stereocenters. The van der Waals surface area contributed by atoms with Gasteiger partial charge in [0, 0.05) is 12.1 Å². The Bertz CT molecular complexity index is 628. The van der Waals surface area contributed by atoms with Crippen LogP contribution in [0.1, 0.15) is 31.4 Å². The molecule has 0 bridgehead atoms.